The molecule has 0 spiro atoms. The molecule has 0 amide bonds. The minimum atomic E-state index is -0.151. The predicted octanol–water partition coefficient (Wildman–Crippen LogP) is 1.71. The van der Waals surface area contributed by atoms with Gasteiger partial charge in [-0.05, 0) is 25.1 Å². The molecule has 0 aliphatic rings. The van der Waals surface area contributed by atoms with Crippen LogP contribution in [0.2, 0.25) is 0 Å². The van der Waals surface area contributed by atoms with Gasteiger partial charge in [0.05, 0.1) is 25.0 Å². The molecule has 1 aromatic rings. The fourth-order valence-corrected chi connectivity index (χ4v) is 2.21. The van der Waals surface area contributed by atoms with Crippen molar-refractivity contribution in [3.63, 3.8) is 0 Å². The van der Waals surface area contributed by atoms with Crippen LogP contribution in [0.1, 0.15) is 19.6 Å². The highest BCUT2D eigenvalue weighted by Gasteiger charge is 2.37. The van der Waals surface area contributed by atoms with Gasteiger partial charge in [-0.1, -0.05) is 13.8 Å². The molecular weight excluding hydrogens is 216 g/mol. The number of rotatable bonds is 7. The molecule has 1 rings (SSSR count). The summed E-state index contributed by atoms with van der Waals surface area (Å²) < 4.78 is 10.7. The zero-order valence-corrected chi connectivity index (χ0v) is 11.3. The van der Waals surface area contributed by atoms with Crippen molar-refractivity contribution in [2.45, 2.75) is 25.9 Å². The summed E-state index contributed by atoms with van der Waals surface area (Å²) in [6.45, 7) is 6.27. The van der Waals surface area contributed by atoms with E-state index < -0.39 is 0 Å². The van der Waals surface area contributed by atoms with Gasteiger partial charge in [0, 0.05) is 13.7 Å². The highest BCUT2D eigenvalue weighted by Crippen LogP contribution is 2.25. The van der Waals surface area contributed by atoms with Crippen LogP contribution in [0.25, 0.3) is 0 Å². The van der Waals surface area contributed by atoms with Crippen LogP contribution in [0.4, 0.5) is 0 Å². The average Bonchev–Trinajstić information content (AvgIpc) is 2.78. The van der Waals surface area contributed by atoms with Crippen LogP contribution in [-0.4, -0.2) is 37.7 Å². The van der Waals surface area contributed by atoms with Gasteiger partial charge in [-0.2, -0.15) is 0 Å². The van der Waals surface area contributed by atoms with Crippen LogP contribution in [-0.2, 0) is 11.3 Å². The van der Waals surface area contributed by atoms with E-state index in [1.165, 1.54) is 0 Å². The third kappa shape index (κ3) is 3.09. The van der Waals surface area contributed by atoms with Gasteiger partial charge in [0.25, 0.3) is 0 Å². The van der Waals surface area contributed by atoms with Crippen molar-refractivity contribution in [2.75, 3.05) is 27.3 Å². The predicted molar refractivity (Wildman–Crippen MR) is 68.7 cm³/mol. The molecule has 0 aliphatic carbocycles. The third-order valence-electron chi connectivity index (χ3n) is 3.56. The number of nitrogens with two attached hydrogens (primary N) is 1. The molecule has 1 unspecified atom stereocenters. The first-order valence-corrected chi connectivity index (χ1v) is 5.99. The molecule has 1 heterocycles. The van der Waals surface area contributed by atoms with Gasteiger partial charge in [0.2, 0.25) is 0 Å². The average molecular weight is 240 g/mol. The lowest BCUT2D eigenvalue weighted by molar-refractivity contribution is -0.00850. The maximum atomic E-state index is 5.97. The summed E-state index contributed by atoms with van der Waals surface area (Å²) in [6, 6.07) is 3.88. The highest BCUT2D eigenvalue weighted by atomic mass is 16.5. The Morgan fingerprint density at radius 2 is 2.24 bits per heavy atom. The Morgan fingerprint density at radius 3 is 2.65 bits per heavy atom. The van der Waals surface area contributed by atoms with Crippen LogP contribution >= 0.6 is 0 Å². The van der Waals surface area contributed by atoms with Crippen molar-refractivity contribution >= 4 is 0 Å². The monoisotopic (exact) mass is 240 g/mol. The summed E-state index contributed by atoms with van der Waals surface area (Å²) >= 11 is 0. The van der Waals surface area contributed by atoms with E-state index in [0.29, 0.717) is 19.1 Å². The maximum Gasteiger partial charge on any atom is 0.117 e. The van der Waals surface area contributed by atoms with Crippen LogP contribution in [0.5, 0.6) is 0 Å². The first kappa shape index (κ1) is 14.2. The van der Waals surface area contributed by atoms with Gasteiger partial charge in [-0.25, -0.2) is 0 Å². The fraction of sp³-hybridized carbons (Fsp3) is 0.692. The van der Waals surface area contributed by atoms with Crippen molar-refractivity contribution in [3.8, 4) is 0 Å². The first-order valence-electron chi connectivity index (χ1n) is 5.99. The standard InChI is InChI=1S/C13H24N2O2/c1-11(2)13(9-14,10-16-4)15(3)8-12-6-5-7-17-12/h5-7,11H,8-10,14H2,1-4H3. The van der Waals surface area contributed by atoms with E-state index in [-0.39, 0.29) is 5.54 Å². The second kappa shape index (κ2) is 6.19. The van der Waals surface area contributed by atoms with Gasteiger partial charge in [-0.15, -0.1) is 0 Å². The summed E-state index contributed by atoms with van der Waals surface area (Å²) in [5.41, 5.74) is 5.82. The number of nitrogens with zero attached hydrogens (tertiary/aromatic N) is 1. The molecule has 4 heteroatoms. The van der Waals surface area contributed by atoms with E-state index in [0.717, 1.165) is 12.3 Å². The van der Waals surface area contributed by atoms with Gasteiger partial charge >= 0.3 is 0 Å². The molecule has 17 heavy (non-hydrogen) atoms. The molecule has 0 aromatic carbocycles. The Balaban J connectivity index is 2.81. The molecule has 0 aliphatic heterocycles. The number of likely N-dealkylation sites (N-methyl/N-ethyl adjacent to an activating group) is 1. The zero-order chi connectivity index (χ0) is 12.9. The van der Waals surface area contributed by atoms with E-state index >= 15 is 0 Å². The lowest BCUT2D eigenvalue weighted by atomic mass is 9.85. The fourth-order valence-electron chi connectivity index (χ4n) is 2.21. The van der Waals surface area contributed by atoms with Crippen LogP contribution in [0, 0.1) is 5.92 Å². The van der Waals surface area contributed by atoms with Crippen LogP contribution in [0.15, 0.2) is 22.8 Å². The number of hydrogen-bond acceptors (Lipinski definition) is 4. The molecule has 98 valence electrons. The minimum Gasteiger partial charge on any atom is -0.468 e. The Bertz CT molecular complexity index is 311. The summed E-state index contributed by atoms with van der Waals surface area (Å²) in [5, 5.41) is 0. The quantitative estimate of drug-likeness (QED) is 0.788. The number of hydrogen-bond donors (Lipinski definition) is 1. The summed E-state index contributed by atoms with van der Waals surface area (Å²) in [4.78, 5) is 2.22. The Labute approximate surface area is 104 Å². The van der Waals surface area contributed by atoms with Crippen molar-refractivity contribution < 1.29 is 9.15 Å². The molecule has 0 fully saturated rings. The van der Waals surface area contributed by atoms with E-state index in [1.54, 1.807) is 13.4 Å². The molecule has 0 saturated carbocycles. The Morgan fingerprint density at radius 1 is 1.53 bits per heavy atom. The molecular formula is C13H24N2O2. The van der Waals surface area contributed by atoms with Crippen molar-refractivity contribution in [1.82, 2.24) is 4.90 Å². The van der Waals surface area contributed by atoms with E-state index in [4.69, 9.17) is 14.9 Å². The second-order valence-corrected chi connectivity index (χ2v) is 4.83. The summed E-state index contributed by atoms with van der Waals surface area (Å²) in [6.07, 6.45) is 1.69. The molecule has 0 saturated heterocycles. The SMILES string of the molecule is COCC(CN)(C(C)C)N(C)Cc1ccco1. The largest absolute Gasteiger partial charge is 0.468 e. The molecule has 0 bridgehead atoms. The zero-order valence-electron chi connectivity index (χ0n) is 11.3. The number of ether oxygens (including phenoxy) is 1. The maximum absolute atomic E-state index is 5.97. The van der Waals surface area contributed by atoms with Crippen LogP contribution in [0.3, 0.4) is 0 Å². The Hall–Kier alpha value is -0.840. The third-order valence-corrected chi connectivity index (χ3v) is 3.56. The topological polar surface area (TPSA) is 51.6 Å². The van der Waals surface area contributed by atoms with E-state index in [9.17, 15) is 0 Å². The van der Waals surface area contributed by atoms with Gasteiger partial charge in [0.15, 0.2) is 0 Å². The summed E-state index contributed by atoms with van der Waals surface area (Å²) in [7, 11) is 3.78. The van der Waals surface area contributed by atoms with Crippen molar-refractivity contribution in [1.29, 1.82) is 0 Å². The van der Waals surface area contributed by atoms with Gasteiger partial charge < -0.3 is 14.9 Å². The van der Waals surface area contributed by atoms with Crippen molar-refractivity contribution in [2.24, 2.45) is 11.7 Å². The number of furan rings is 1. The highest BCUT2D eigenvalue weighted by molar-refractivity contribution is 5.01. The lowest BCUT2D eigenvalue weighted by Gasteiger charge is -2.43. The van der Waals surface area contributed by atoms with Gasteiger partial charge in [0.1, 0.15) is 5.76 Å². The normalized spacial score (nSPS) is 15.5. The molecule has 4 nitrogen and oxygen atoms in total. The second-order valence-electron chi connectivity index (χ2n) is 4.83. The number of methoxy groups -OCH3 is 1. The van der Waals surface area contributed by atoms with E-state index in [2.05, 4.69) is 25.8 Å². The van der Waals surface area contributed by atoms with Crippen LogP contribution < -0.4 is 5.73 Å². The first-order chi connectivity index (χ1) is 8.06. The minimum absolute atomic E-state index is 0.151. The summed E-state index contributed by atoms with van der Waals surface area (Å²) in [5.74, 6) is 1.36. The van der Waals surface area contributed by atoms with E-state index in [1.807, 2.05) is 12.1 Å². The van der Waals surface area contributed by atoms with Gasteiger partial charge in [-0.3, -0.25) is 4.90 Å². The van der Waals surface area contributed by atoms with Crippen molar-refractivity contribution in [3.05, 3.63) is 24.2 Å². The smallest absolute Gasteiger partial charge is 0.117 e. The molecule has 1 atom stereocenters. The Kier molecular flexibility index (Phi) is 5.18. The molecule has 0 radical (unpaired) electrons. The molecule has 1 aromatic heterocycles. The molecule has 2 N–H and O–H groups in total. The lowest BCUT2D eigenvalue weighted by Crippen LogP contribution is -2.58.